The first-order valence-electron chi connectivity index (χ1n) is 9.28. The van der Waals surface area contributed by atoms with Crippen LogP contribution in [0.15, 0.2) is 36.4 Å². The predicted molar refractivity (Wildman–Crippen MR) is 102 cm³/mol. The molecule has 138 valence electrons. The number of quaternary nitrogens is 1. The van der Waals surface area contributed by atoms with Gasteiger partial charge in [-0.15, -0.1) is 0 Å². The first-order chi connectivity index (χ1) is 12.4. The molecule has 1 aromatic heterocycles. The van der Waals surface area contributed by atoms with Gasteiger partial charge in [-0.3, -0.25) is 9.59 Å². The first-order valence-corrected chi connectivity index (χ1v) is 9.28. The Labute approximate surface area is 155 Å². The van der Waals surface area contributed by atoms with Crippen molar-refractivity contribution in [1.29, 1.82) is 0 Å². The Hall–Kier alpha value is -2.40. The maximum absolute atomic E-state index is 13.2. The van der Waals surface area contributed by atoms with Crippen LogP contribution < -0.4 is 4.90 Å². The number of rotatable bonds is 4. The van der Waals surface area contributed by atoms with Crippen molar-refractivity contribution in [2.45, 2.75) is 33.7 Å². The zero-order chi connectivity index (χ0) is 18.8. The fourth-order valence-electron chi connectivity index (χ4n) is 3.95. The molecule has 1 aliphatic heterocycles. The van der Waals surface area contributed by atoms with E-state index in [1.807, 2.05) is 49.9 Å². The molecular formula is C21H28N3O2+. The molecule has 5 nitrogen and oxygen atoms in total. The van der Waals surface area contributed by atoms with E-state index in [2.05, 4.69) is 16.7 Å². The highest BCUT2D eigenvalue weighted by Gasteiger charge is 2.32. The van der Waals surface area contributed by atoms with Crippen LogP contribution in [-0.4, -0.2) is 53.4 Å². The van der Waals surface area contributed by atoms with E-state index in [0.29, 0.717) is 0 Å². The Balaban J connectivity index is 1.79. The van der Waals surface area contributed by atoms with Gasteiger partial charge in [0, 0.05) is 29.6 Å². The van der Waals surface area contributed by atoms with Gasteiger partial charge in [-0.2, -0.15) is 0 Å². The molecule has 1 aliphatic rings. The topological polar surface area (TPSA) is 46.8 Å². The second-order valence-corrected chi connectivity index (χ2v) is 7.21. The number of hydrogen-bond donors (Lipinski definition) is 1. The minimum absolute atomic E-state index is 0.103. The van der Waals surface area contributed by atoms with E-state index in [1.165, 1.54) is 4.90 Å². The van der Waals surface area contributed by atoms with Gasteiger partial charge in [0.25, 0.3) is 0 Å². The van der Waals surface area contributed by atoms with Crippen LogP contribution in [-0.2, 0) is 4.79 Å². The Kier molecular flexibility index (Phi) is 5.28. The number of carbonyl (C=O) groups excluding carboxylic acids is 2. The van der Waals surface area contributed by atoms with Crippen LogP contribution in [0.2, 0.25) is 0 Å². The summed E-state index contributed by atoms with van der Waals surface area (Å²) in [5, 5.41) is 0. The molecule has 0 unspecified atom stereocenters. The largest absolute Gasteiger partial charge is 0.332 e. The van der Waals surface area contributed by atoms with Crippen LogP contribution in [0.25, 0.3) is 5.69 Å². The van der Waals surface area contributed by atoms with Crippen molar-refractivity contribution in [2.75, 3.05) is 26.2 Å². The summed E-state index contributed by atoms with van der Waals surface area (Å²) in [7, 11) is 0. The average molecular weight is 354 g/mol. The van der Waals surface area contributed by atoms with Crippen LogP contribution in [0.5, 0.6) is 0 Å². The first kappa shape index (κ1) is 18.4. The Morgan fingerprint density at radius 2 is 1.69 bits per heavy atom. The summed E-state index contributed by atoms with van der Waals surface area (Å²) in [4.78, 5) is 27.8. The lowest BCUT2D eigenvalue weighted by Gasteiger charge is -2.34. The molecule has 3 rings (SSSR count). The Morgan fingerprint density at radius 1 is 1.08 bits per heavy atom. The van der Waals surface area contributed by atoms with Crippen molar-refractivity contribution in [2.24, 2.45) is 0 Å². The lowest BCUT2D eigenvalue weighted by molar-refractivity contribution is -0.917. The van der Waals surface area contributed by atoms with Gasteiger partial charge in [0.05, 0.1) is 26.2 Å². The monoisotopic (exact) mass is 354 g/mol. The van der Waals surface area contributed by atoms with Crippen LogP contribution in [0, 0.1) is 13.8 Å². The highest BCUT2D eigenvalue weighted by atomic mass is 16.2. The van der Waals surface area contributed by atoms with E-state index in [1.54, 1.807) is 6.92 Å². The van der Waals surface area contributed by atoms with Crippen molar-refractivity contribution in [3.05, 3.63) is 53.3 Å². The number of carbonyl (C=O) groups is 2. The highest BCUT2D eigenvalue weighted by molar-refractivity contribution is 6.00. The Bertz CT molecular complexity index is 802. The molecule has 0 spiro atoms. The van der Waals surface area contributed by atoms with Gasteiger partial charge in [-0.25, -0.2) is 0 Å². The van der Waals surface area contributed by atoms with Crippen molar-refractivity contribution in [3.8, 4) is 5.69 Å². The molecule has 1 saturated heterocycles. The number of nitrogens with one attached hydrogen (secondary N) is 1. The lowest BCUT2D eigenvalue weighted by Crippen LogP contribution is -3.18. The standard InChI is InChI=1S/C21H27N3O2/c1-15-14-20(16(2)24(15)19-8-6-5-7-9-19)21(26)17(3)22-10-12-23(13-11-22)18(4)25/h5-9,14,17H,10-13H2,1-4H3/p+1/t17-/m1/s1. The minimum Gasteiger partial charge on any atom is -0.332 e. The quantitative estimate of drug-likeness (QED) is 0.844. The van der Waals surface area contributed by atoms with E-state index in [-0.39, 0.29) is 17.7 Å². The number of para-hydroxylation sites is 1. The third-order valence-corrected chi connectivity index (χ3v) is 5.57. The lowest BCUT2D eigenvalue weighted by atomic mass is 10.0. The average Bonchev–Trinajstić information content (AvgIpc) is 2.95. The fraction of sp³-hybridized carbons (Fsp3) is 0.429. The van der Waals surface area contributed by atoms with Crippen molar-refractivity contribution >= 4 is 11.7 Å². The van der Waals surface area contributed by atoms with Gasteiger partial charge in [0.15, 0.2) is 0 Å². The fourth-order valence-corrected chi connectivity index (χ4v) is 3.95. The molecule has 1 atom stereocenters. The molecule has 0 saturated carbocycles. The van der Waals surface area contributed by atoms with Crippen LogP contribution in [0.1, 0.15) is 35.6 Å². The molecule has 1 aromatic carbocycles. The normalized spacial score (nSPS) is 16.5. The third-order valence-electron chi connectivity index (χ3n) is 5.57. The van der Waals surface area contributed by atoms with Gasteiger partial charge in [0.2, 0.25) is 11.7 Å². The van der Waals surface area contributed by atoms with Gasteiger partial charge in [-0.1, -0.05) is 18.2 Å². The third kappa shape index (κ3) is 3.44. The van der Waals surface area contributed by atoms with E-state index in [0.717, 1.165) is 48.8 Å². The van der Waals surface area contributed by atoms with E-state index >= 15 is 0 Å². The number of piperazine rings is 1. The molecule has 1 amide bonds. The number of aryl methyl sites for hydroxylation is 1. The number of hydrogen-bond acceptors (Lipinski definition) is 2. The van der Waals surface area contributed by atoms with Crippen molar-refractivity contribution in [1.82, 2.24) is 9.47 Å². The smallest absolute Gasteiger partial charge is 0.221 e. The molecule has 2 aromatic rings. The molecule has 1 fully saturated rings. The van der Waals surface area contributed by atoms with E-state index in [4.69, 9.17) is 0 Å². The molecular weight excluding hydrogens is 326 g/mol. The maximum Gasteiger partial charge on any atom is 0.221 e. The highest BCUT2D eigenvalue weighted by Crippen LogP contribution is 2.21. The molecule has 5 heteroatoms. The van der Waals surface area contributed by atoms with Crippen molar-refractivity contribution in [3.63, 3.8) is 0 Å². The van der Waals surface area contributed by atoms with E-state index in [9.17, 15) is 9.59 Å². The van der Waals surface area contributed by atoms with Crippen LogP contribution in [0.4, 0.5) is 0 Å². The van der Waals surface area contributed by atoms with Gasteiger partial charge in [0.1, 0.15) is 6.04 Å². The summed E-state index contributed by atoms with van der Waals surface area (Å²) in [6.07, 6.45) is 0. The number of ketones is 1. The zero-order valence-corrected chi connectivity index (χ0v) is 16.1. The SMILES string of the molecule is CC(=O)N1CC[NH+]([C@H](C)C(=O)c2cc(C)n(-c3ccccc3)c2C)CC1. The minimum atomic E-state index is -0.103. The Morgan fingerprint density at radius 3 is 2.27 bits per heavy atom. The summed E-state index contributed by atoms with van der Waals surface area (Å²) in [5.41, 5.74) is 3.95. The molecule has 0 bridgehead atoms. The second kappa shape index (κ2) is 7.46. The predicted octanol–water partition coefficient (Wildman–Crippen LogP) is 1.41. The summed E-state index contributed by atoms with van der Waals surface area (Å²) in [6, 6.07) is 12.0. The summed E-state index contributed by atoms with van der Waals surface area (Å²) >= 11 is 0. The number of aromatic nitrogens is 1. The number of benzene rings is 1. The van der Waals surface area contributed by atoms with Gasteiger partial charge < -0.3 is 14.4 Å². The molecule has 2 heterocycles. The molecule has 1 N–H and O–H groups in total. The zero-order valence-electron chi connectivity index (χ0n) is 16.1. The van der Waals surface area contributed by atoms with Crippen molar-refractivity contribution < 1.29 is 14.5 Å². The van der Waals surface area contributed by atoms with Crippen LogP contribution in [0.3, 0.4) is 0 Å². The number of nitrogens with zero attached hydrogens (tertiary/aromatic N) is 2. The number of amides is 1. The summed E-state index contributed by atoms with van der Waals surface area (Å²) < 4.78 is 2.14. The molecule has 0 aliphatic carbocycles. The number of Topliss-reactive ketones (excluding diaryl/α,β-unsaturated/α-hetero) is 1. The second-order valence-electron chi connectivity index (χ2n) is 7.21. The van der Waals surface area contributed by atoms with Gasteiger partial charge >= 0.3 is 0 Å². The maximum atomic E-state index is 13.2. The molecule has 26 heavy (non-hydrogen) atoms. The van der Waals surface area contributed by atoms with E-state index < -0.39 is 0 Å². The van der Waals surface area contributed by atoms with Gasteiger partial charge in [-0.05, 0) is 39.0 Å². The molecule has 0 radical (unpaired) electrons. The van der Waals surface area contributed by atoms with Crippen LogP contribution >= 0.6 is 0 Å². The summed E-state index contributed by atoms with van der Waals surface area (Å²) in [5.74, 6) is 0.306. The summed E-state index contributed by atoms with van der Waals surface area (Å²) in [6.45, 7) is 10.8.